The molecule has 0 heterocycles. The first-order chi connectivity index (χ1) is 10.9. The van der Waals surface area contributed by atoms with Crippen LogP contribution in [0.2, 0.25) is 0 Å². The van der Waals surface area contributed by atoms with Crippen molar-refractivity contribution < 1.29 is 21.6 Å². The largest absolute Gasteiger partial charge is 0.337 e. The zero-order valence-electron chi connectivity index (χ0n) is 13.7. The summed E-state index contributed by atoms with van der Waals surface area (Å²) in [6, 6.07) is 4.86. The number of nitrogens with two attached hydrogens (primary N) is 1. The molecule has 1 aromatic carbocycles. The van der Waals surface area contributed by atoms with Crippen LogP contribution in [-0.2, 0) is 20.0 Å². The van der Waals surface area contributed by atoms with E-state index in [0.29, 0.717) is 5.69 Å². The fourth-order valence-corrected chi connectivity index (χ4v) is 3.39. The second kappa shape index (κ2) is 7.92. The first kappa shape index (κ1) is 20.4. The standard InChI is InChI=1S/C13H22N4O5S2/c1-10(2)17(3)24(21,22)12-6-4-11(5-7-12)16-13(18)15-8-9-23(14,19)20/h4-7,10H,8-9H2,1-3H3,(H2,14,19,20)(H2,15,16,18). The van der Waals surface area contributed by atoms with Crippen LogP contribution in [0.15, 0.2) is 29.2 Å². The number of carbonyl (C=O) groups excluding carboxylic acids is 1. The summed E-state index contributed by atoms with van der Waals surface area (Å²) >= 11 is 0. The zero-order chi connectivity index (χ0) is 18.5. The highest BCUT2D eigenvalue weighted by atomic mass is 32.2. The minimum Gasteiger partial charge on any atom is -0.337 e. The van der Waals surface area contributed by atoms with Crippen molar-refractivity contribution >= 4 is 31.8 Å². The number of carbonyl (C=O) groups is 1. The molecule has 2 amide bonds. The third-order valence-corrected chi connectivity index (χ3v) is 6.01. The fourth-order valence-electron chi connectivity index (χ4n) is 1.64. The first-order valence-corrected chi connectivity index (χ1v) is 10.2. The molecule has 0 atom stereocenters. The number of urea groups is 1. The number of rotatable bonds is 7. The maximum Gasteiger partial charge on any atom is 0.319 e. The smallest absolute Gasteiger partial charge is 0.319 e. The highest BCUT2D eigenvalue weighted by molar-refractivity contribution is 7.89. The molecule has 0 fully saturated rings. The predicted molar refractivity (Wildman–Crippen MR) is 91.5 cm³/mol. The van der Waals surface area contributed by atoms with E-state index in [1.807, 2.05) is 0 Å². The van der Waals surface area contributed by atoms with E-state index in [-0.39, 0.29) is 23.2 Å². The molecule has 0 saturated heterocycles. The van der Waals surface area contributed by atoms with Gasteiger partial charge in [0.25, 0.3) is 0 Å². The normalized spacial score (nSPS) is 12.4. The van der Waals surface area contributed by atoms with E-state index in [1.165, 1.54) is 35.6 Å². The van der Waals surface area contributed by atoms with Crippen LogP contribution in [0.4, 0.5) is 10.5 Å². The highest BCUT2D eigenvalue weighted by Crippen LogP contribution is 2.18. The van der Waals surface area contributed by atoms with Crippen LogP contribution < -0.4 is 15.8 Å². The van der Waals surface area contributed by atoms with Crippen molar-refractivity contribution in [3.8, 4) is 0 Å². The summed E-state index contributed by atoms with van der Waals surface area (Å²) in [4.78, 5) is 11.7. The molecule has 0 radical (unpaired) electrons. The van der Waals surface area contributed by atoms with Gasteiger partial charge in [0.05, 0.1) is 10.6 Å². The molecule has 4 N–H and O–H groups in total. The molecule has 1 aromatic rings. The van der Waals surface area contributed by atoms with Crippen LogP contribution in [0.3, 0.4) is 0 Å². The highest BCUT2D eigenvalue weighted by Gasteiger charge is 2.22. The number of sulfonamides is 2. The Hall–Kier alpha value is -1.69. The van der Waals surface area contributed by atoms with Gasteiger partial charge in [-0.15, -0.1) is 0 Å². The summed E-state index contributed by atoms with van der Waals surface area (Å²) in [5.74, 6) is -0.376. The Kier molecular flexibility index (Phi) is 6.72. The molecular formula is C13H22N4O5S2. The summed E-state index contributed by atoms with van der Waals surface area (Å²) in [6.45, 7) is 3.40. The molecule has 0 aliphatic carbocycles. The van der Waals surface area contributed by atoms with E-state index < -0.39 is 26.1 Å². The van der Waals surface area contributed by atoms with Crippen LogP contribution in [0.1, 0.15) is 13.8 Å². The molecule has 0 aliphatic rings. The molecule has 24 heavy (non-hydrogen) atoms. The molecule has 11 heteroatoms. The van der Waals surface area contributed by atoms with E-state index in [1.54, 1.807) is 13.8 Å². The lowest BCUT2D eigenvalue weighted by molar-refractivity contribution is 0.252. The van der Waals surface area contributed by atoms with E-state index in [9.17, 15) is 21.6 Å². The van der Waals surface area contributed by atoms with Gasteiger partial charge < -0.3 is 10.6 Å². The number of nitrogens with zero attached hydrogens (tertiary/aromatic N) is 1. The molecular weight excluding hydrogens is 356 g/mol. The van der Waals surface area contributed by atoms with E-state index in [4.69, 9.17) is 5.14 Å². The second-order valence-corrected chi connectivity index (χ2v) is 9.12. The SMILES string of the molecule is CC(C)N(C)S(=O)(=O)c1ccc(NC(=O)NCCS(N)(=O)=O)cc1. The molecule has 0 saturated carbocycles. The van der Waals surface area contributed by atoms with Crippen molar-refractivity contribution in [2.75, 3.05) is 24.7 Å². The van der Waals surface area contributed by atoms with Gasteiger partial charge in [-0.2, -0.15) is 4.31 Å². The minimum atomic E-state index is -3.64. The quantitative estimate of drug-likeness (QED) is 0.619. The fraction of sp³-hybridized carbons (Fsp3) is 0.462. The molecule has 136 valence electrons. The van der Waals surface area contributed by atoms with Crippen molar-refractivity contribution in [2.24, 2.45) is 5.14 Å². The van der Waals surface area contributed by atoms with Gasteiger partial charge in [-0.25, -0.2) is 26.8 Å². The first-order valence-electron chi connectivity index (χ1n) is 7.07. The molecule has 0 spiro atoms. The van der Waals surface area contributed by atoms with Crippen LogP contribution in [-0.4, -0.2) is 52.6 Å². The van der Waals surface area contributed by atoms with E-state index >= 15 is 0 Å². The van der Waals surface area contributed by atoms with Crippen molar-refractivity contribution in [1.82, 2.24) is 9.62 Å². The van der Waals surface area contributed by atoms with Gasteiger partial charge >= 0.3 is 6.03 Å². The number of amides is 2. The van der Waals surface area contributed by atoms with Gasteiger partial charge in [-0.3, -0.25) is 0 Å². The Morgan fingerprint density at radius 1 is 1.17 bits per heavy atom. The molecule has 0 bridgehead atoms. The van der Waals surface area contributed by atoms with Gasteiger partial charge in [0, 0.05) is 25.3 Å². The summed E-state index contributed by atoms with van der Waals surface area (Å²) in [5.41, 5.74) is 0.370. The number of anilines is 1. The van der Waals surface area contributed by atoms with Gasteiger partial charge in [-0.05, 0) is 38.1 Å². The lowest BCUT2D eigenvalue weighted by Gasteiger charge is -2.21. The average molecular weight is 378 g/mol. The van der Waals surface area contributed by atoms with Crippen LogP contribution in [0.5, 0.6) is 0 Å². The zero-order valence-corrected chi connectivity index (χ0v) is 15.3. The Labute approximate surface area is 142 Å². The monoisotopic (exact) mass is 378 g/mol. The van der Waals surface area contributed by atoms with Crippen molar-refractivity contribution in [3.63, 3.8) is 0 Å². The lowest BCUT2D eigenvalue weighted by Crippen LogP contribution is -2.34. The topological polar surface area (TPSA) is 139 Å². The number of hydrogen-bond acceptors (Lipinski definition) is 5. The molecule has 1 rings (SSSR count). The predicted octanol–water partition coefficient (Wildman–Crippen LogP) is 0.126. The Balaban J connectivity index is 2.70. The minimum absolute atomic E-state index is 0.110. The van der Waals surface area contributed by atoms with Crippen molar-refractivity contribution in [1.29, 1.82) is 0 Å². The number of primary sulfonamides is 1. The van der Waals surface area contributed by atoms with Crippen LogP contribution in [0, 0.1) is 0 Å². The number of hydrogen-bond donors (Lipinski definition) is 3. The van der Waals surface area contributed by atoms with Gasteiger partial charge in [0.15, 0.2) is 0 Å². The molecule has 0 aromatic heterocycles. The molecule has 0 aliphatic heterocycles. The average Bonchev–Trinajstić information content (AvgIpc) is 2.45. The Morgan fingerprint density at radius 3 is 2.17 bits per heavy atom. The lowest BCUT2D eigenvalue weighted by atomic mass is 10.3. The Morgan fingerprint density at radius 2 is 1.71 bits per heavy atom. The summed E-state index contributed by atoms with van der Waals surface area (Å²) in [5, 5.41) is 9.61. The number of benzene rings is 1. The summed E-state index contributed by atoms with van der Waals surface area (Å²) in [6.07, 6.45) is 0. The van der Waals surface area contributed by atoms with E-state index in [0.717, 1.165) is 0 Å². The van der Waals surface area contributed by atoms with Crippen LogP contribution >= 0.6 is 0 Å². The number of nitrogens with one attached hydrogen (secondary N) is 2. The summed E-state index contributed by atoms with van der Waals surface area (Å²) < 4.78 is 47.3. The third-order valence-electron chi connectivity index (χ3n) is 3.19. The van der Waals surface area contributed by atoms with Gasteiger partial charge in [0.2, 0.25) is 20.0 Å². The second-order valence-electron chi connectivity index (χ2n) is 5.39. The Bertz CT molecular complexity index is 773. The third kappa shape index (κ3) is 6.07. The van der Waals surface area contributed by atoms with Crippen LogP contribution in [0.25, 0.3) is 0 Å². The van der Waals surface area contributed by atoms with Crippen molar-refractivity contribution in [3.05, 3.63) is 24.3 Å². The molecule has 9 nitrogen and oxygen atoms in total. The maximum absolute atomic E-state index is 12.3. The van der Waals surface area contributed by atoms with E-state index in [2.05, 4.69) is 10.6 Å². The van der Waals surface area contributed by atoms with Gasteiger partial charge in [0.1, 0.15) is 0 Å². The maximum atomic E-state index is 12.3. The molecule has 0 unspecified atom stereocenters. The van der Waals surface area contributed by atoms with Crippen molar-refractivity contribution in [2.45, 2.75) is 24.8 Å². The van der Waals surface area contributed by atoms with Gasteiger partial charge in [-0.1, -0.05) is 0 Å². The summed E-state index contributed by atoms with van der Waals surface area (Å²) in [7, 11) is -5.74.